The van der Waals surface area contributed by atoms with Crippen molar-refractivity contribution in [2.75, 3.05) is 18.5 Å². The van der Waals surface area contributed by atoms with E-state index in [4.69, 9.17) is 17.3 Å². The maximum absolute atomic E-state index is 6.41. The maximum atomic E-state index is 6.41. The van der Waals surface area contributed by atoms with Gasteiger partial charge >= 0.3 is 0 Å². The van der Waals surface area contributed by atoms with Crippen LogP contribution in [0.15, 0.2) is 36.4 Å². The van der Waals surface area contributed by atoms with Crippen LogP contribution in [0.4, 0.5) is 11.4 Å². The molecule has 2 aromatic rings. The average molecular weight is 289 g/mol. The van der Waals surface area contributed by atoms with Crippen molar-refractivity contribution < 1.29 is 0 Å². The number of para-hydroxylation sites is 1. The number of benzene rings is 2. The highest BCUT2D eigenvalue weighted by molar-refractivity contribution is 6.33. The SMILES string of the molecule is Cc1ccc(N(C)c2c(Cl)cccc2CCN)c(C)c1. The van der Waals surface area contributed by atoms with Crippen LogP contribution in [0, 0.1) is 13.8 Å². The van der Waals surface area contributed by atoms with Crippen LogP contribution in [0.25, 0.3) is 0 Å². The van der Waals surface area contributed by atoms with Crippen molar-refractivity contribution in [1.82, 2.24) is 0 Å². The van der Waals surface area contributed by atoms with Crippen LogP contribution < -0.4 is 10.6 Å². The zero-order chi connectivity index (χ0) is 14.7. The number of hydrogen-bond acceptors (Lipinski definition) is 2. The molecule has 0 saturated heterocycles. The van der Waals surface area contributed by atoms with Gasteiger partial charge in [0.1, 0.15) is 0 Å². The highest BCUT2D eigenvalue weighted by atomic mass is 35.5. The summed E-state index contributed by atoms with van der Waals surface area (Å²) in [5.74, 6) is 0. The zero-order valence-electron chi connectivity index (χ0n) is 12.3. The molecule has 0 aliphatic carbocycles. The Kier molecular flexibility index (Phi) is 4.69. The minimum Gasteiger partial charge on any atom is -0.343 e. The van der Waals surface area contributed by atoms with Crippen LogP contribution in [0.5, 0.6) is 0 Å². The Morgan fingerprint density at radius 1 is 1.15 bits per heavy atom. The van der Waals surface area contributed by atoms with Gasteiger partial charge in [0.05, 0.1) is 10.7 Å². The van der Waals surface area contributed by atoms with Gasteiger partial charge in [-0.25, -0.2) is 0 Å². The molecule has 0 atom stereocenters. The average Bonchev–Trinajstić information content (AvgIpc) is 2.38. The van der Waals surface area contributed by atoms with Crippen LogP contribution >= 0.6 is 11.6 Å². The molecule has 0 unspecified atom stereocenters. The lowest BCUT2D eigenvalue weighted by molar-refractivity contribution is 0.960. The first-order valence-corrected chi connectivity index (χ1v) is 7.21. The summed E-state index contributed by atoms with van der Waals surface area (Å²) in [7, 11) is 2.05. The molecule has 0 fully saturated rings. The Labute approximate surface area is 126 Å². The van der Waals surface area contributed by atoms with Gasteiger partial charge in [0.2, 0.25) is 0 Å². The number of nitrogens with zero attached hydrogens (tertiary/aromatic N) is 1. The summed E-state index contributed by atoms with van der Waals surface area (Å²) in [6.07, 6.45) is 0.825. The summed E-state index contributed by atoms with van der Waals surface area (Å²) < 4.78 is 0. The van der Waals surface area contributed by atoms with Crippen molar-refractivity contribution in [1.29, 1.82) is 0 Å². The monoisotopic (exact) mass is 288 g/mol. The van der Waals surface area contributed by atoms with Crippen molar-refractivity contribution in [2.24, 2.45) is 5.73 Å². The third kappa shape index (κ3) is 2.97. The summed E-state index contributed by atoms with van der Waals surface area (Å²) >= 11 is 6.41. The molecule has 0 spiro atoms. The second kappa shape index (κ2) is 6.29. The van der Waals surface area contributed by atoms with Crippen molar-refractivity contribution in [3.05, 3.63) is 58.1 Å². The third-order valence-corrected chi connectivity index (χ3v) is 3.84. The van der Waals surface area contributed by atoms with E-state index in [0.29, 0.717) is 6.54 Å². The zero-order valence-corrected chi connectivity index (χ0v) is 13.0. The summed E-state index contributed by atoms with van der Waals surface area (Å²) in [5, 5.41) is 0.762. The number of aryl methyl sites for hydroxylation is 2. The molecular weight excluding hydrogens is 268 g/mol. The van der Waals surface area contributed by atoms with Gasteiger partial charge in [-0.05, 0) is 50.1 Å². The Morgan fingerprint density at radius 3 is 2.55 bits per heavy atom. The van der Waals surface area contributed by atoms with E-state index in [1.165, 1.54) is 22.4 Å². The molecule has 2 rings (SSSR count). The first-order chi connectivity index (χ1) is 9.54. The molecule has 0 amide bonds. The molecule has 0 aliphatic rings. The molecule has 0 aromatic heterocycles. The molecule has 0 heterocycles. The molecular formula is C17H21ClN2. The highest BCUT2D eigenvalue weighted by Crippen LogP contribution is 2.35. The van der Waals surface area contributed by atoms with Gasteiger partial charge in [-0.2, -0.15) is 0 Å². The maximum Gasteiger partial charge on any atom is 0.0645 e. The van der Waals surface area contributed by atoms with Crippen LogP contribution in [0.3, 0.4) is 0 Å². The number of nitrogens with two attached hydrogens (primary N) is 1. The first kappa shape index (κ1) is 14.9. The molecule has 106 valence electrons. The number of rotatable bonds is 4. The van der Waals surface area contributed by atoms with Gasteiger partial charge in [-0.1, -0.05) is 41.4 Å². The fourth-order valence-corrected chi connectivity index (χ4v) is 2.92. The third-order valence-electron chi connectivity index (χ3n) is 3.53. The molecule has 20 heavy (non-hydrogen) atoms. The standard InChI is InChI=1S/C17H21ClN2/c1-12-7-8-16(13(2)11-12)20(3)17-14(9-10-19)5-4-6-15(17)18/h4-8,11H,9-10,19H2,1-3H3. The quantitative estimate of drug-likeness (QED) is 0.912. The molecule has 0 radical (unpaired) electrons. The van der Waals surface area contributed by atoms with Crippen LogP contribution in [-0.2, 0) is 6.42 Å². The van der Waals surface area contributed by atoms with E-state index >= 15 is 0 Å². The van der Waals surface area contributed by atoms with E-state index < -0.39 is 0 Å². The lowest BCUT2D eigenvalue weighted by atomic mass is 10.1. The normalized spacial score (nSPS) is 10.7. The molecule has 2 aromatic carbocycles. The Hall–Kier alpha value is -1.51. The van der Waals surface area contributed by atoms with Crippen molar-refractivity contribution in [3.63, 3.8) is 0 Å². The van der Waals surface area contributed by atoms with Crippen molar-refractivity contribution >= 4 is 23.0 Å². The smallest absolute Gasteiger partial charge is 0.0645 e. The lowest BCUT2D eigenvalue weighted by Gasteiger charge is -2.25. The van der Waals surface area contributed by atoms with Crippen LogP contribution in [0.2, 0.25) is 5.02 Å². The number of hydrogen-bond donors (Lipinski definition) is 1. The fraction of sp³-hybridized carbons (Fsp3) is 0.294. The molecule has 2 N–H and O–H groups in total. The van der Waals surface area contributed by atoms with Gasteiger partial charge in [0.15, 0.2) is 0 Å². The van der Waals surface area contributed by atoms with Crippen LogP contribution in [-0.4, -0.2) is 13.6 Å². The highest BCUT2D eigenvalue weighted by Gasteiger charge is 2.14. The molecule has 2 nitrogen and oxygen atoms in total. The summed E-state index contributed by atoms with van der Waals surface area (Å²) in [5.41, 5.74) is 11.6. The van der Waals surface area contributed by atoms with Gasteiger partial charge in [0.25, 0.3) is 0 Å². The van der Waals surface area contributed by atoms with E-state index in [2.05, 4.69) is 50.1 Å². The second-order valence-corrected chi connectivity index (χ2v) is 5.54. The van der Waals surface area contributed by atoms with Gasteiger partial charge in [0, 0.05) is 12.7 Å². The topological polar surface area (TPSA) is 29.3 Å². The van der Waals surface area contributed by atoms with E-state index in [1.54, 1.807) is 0 Å². The summed E-state index contributed by atoms with van der Waals surface area (Å²) in [4.78, 5) is 2.15. The molecule has 0 bridgehead atoms. The summed E-state index contributed by atoms with van der Waals surface area (Å²) in [6.45, 7) is 4.85. The van der Waals surface area contributed by atoms with E-state index in [1.807, 2.05) is 12.1 Å². The van der Waals surface area contributed by atoms with Gasteiger partial charge in [-0.3, -0.25) is 0 Å². The Balaban J connectivity index is 2.49. The Morgan fingerprint density at radius 2 is 1.90 bits per heavy atom. The molecule has 0 aliphatic heterocycles. The van der Waals surface area contributed by atoms with E-state index in [9.17, 15) is 0 Å². The largest absolute Gasteiger partial charge is 0.343 e. The van der Waals surface area contributed by atoms with Crippen molar-refractivity contribution in [3.8, 4) is 0 Å². The van der Waals surface area contributed by atoms with Crippen molar-refractivity contribution in [2.45, 2.75) is 20.3 Å². The predicted octanol–water partition coefficient (Wildman–Crippen LogP) is 4.23. The predicted molar refractivity (Wildman–Crippen MR) is 88.2 cm³/mol. The fourth-order valence-electron chi connectivity index (χ4n) is 2.60. The minimum atomic E-state index is 0.619. The second-order valence-electron chi connectivity index (χ2n) is 5.14. The first-order valence-electron chi connectivity index (χ1n) is 6.83. The Bertz CT molecular complexity index is 608. The van der Waals surface area contributed by atoms with E-state index in [0.717, 1.165) is 17.1 Å². The number of anilines is 2. The van der Waals surface area contributed by atoms with E-state index in [-0.39, 0.29) is 0 Å². The molecule has 3 heteroatoms. The number of halogens is 1. The van der Waals surface area contributed by atoms with Crippen LogP contribution in [0.1, 0.15) is 16.7 Å². The van der Waals surface area contributed by atoms with Gasteiger partial charge < -0.3 is 10.6 Å². The van der Waals surface area contributed by atoms with Gasteiger partial charge in [-0.15, -0.1) is 0 Å². The molecule has 0 saturated carbocycles. The lowest BCUT2D eigenvalue weighted by Crippen LogP contribution is -2.15. The summed E-state index contributed by atoms with van der Waals surface area (Å²) in [6, 6.07) is 12.4. The minimum absolute atomic E-state index is 0.619.